The van der Waals surface area contributed by atoms with Crippen LogP contribution in [0.4, 0.5) is 24.5 Å². The molecule has 2 fully saturated rings. The monoisotopic (exact) mass is 507 g/mol. The van der Waals surface area contributed by atoms with Crippen molar-refractivity contribution < 1.29 is 18.0 Å². The van der Waals surface area contributed by atoms with E-state index in [1.807, 2.05) is 12.1 Å². The number of rotatable bonds is 6. The Morgan fingerprint density at radius 2 is 1.78 bits per heavy atom. The van der Waals surface area contributed by atoms with E-state index in [1.165, 1.54) is 19.2 Å². The molecule has 2 saturated carbocycles. The van der Waals surface area contributed by atoms with Crippen LogP contribution in [0.15, 0.2) is 48.8 Å². The Morgan fingerprint density at radius 1 is 1.08 bits per heavy atom. The fourth-order valence-electron chi connectivity index (χ4n) is 5.35. The second-order valence-corrected chi connectivity index (χ2v) is 10.0. The summed E-state index contributed by atoms with van der Waals surface area (Å²) < 4.78 is 42.5. The second-order valence-electron chi connectivity index (χ2n) is 10.0. The van der Waals surface area contributed by atoms with Crippen LogP contribution < -0.4 is 5.32 Å². The molecule has 1 aromatic carbocycles. The summed E-state index contributed by atoms with van der Waals surface area (Å²) in [5, 5.41) is 12.4. The van der Waals surface area contributed by atoms with Crippen LogP contribution in [0.1, 0.15) is 61.6 Å². The normalized spacial score (nSPS) is 20.7. The number of nitriles is 1. The van der Waals surface area contributed by atoms with Gasteiger partial charge in [-0.25, -0.2) is 0 Å². The average molecular weight is 508 g/mol. The number of hydrogen-bond donors (Lipinski definition) is 1. The highest BCUT2D eigenvalue weighted by Crippen LogP contribution is 2.46. The van der Waals surface area contributed by atoms with Crippen LogP contribution >= 0.6 is 0 Å². The molecule has 6 nitrogen and oxygen atoms in total. The third-order valence-corrected chi connectivity index (χ3v) is 7.46. The molecule has 1 atom stereocenters. The van der Waals surface area contributed by atoms with Crippen molar-refractivity contribution in [1.29, 1.82) is 5.26 Å². The highest BCUT2D eigenvalue weighted by atomic mass is 19.4. The number of nitrogens with one attached hydrogen (secondary N) is 1. The van der Waals surface area contributed by atoms with Crippen LogP contribution in [-0.4, -0.2) is 34.0 Å². The molecule has 0 saturated heterocycles. The first kappa shape index (κ1) is 25.0. The Hall–Kier alpha value is -3.67. The average Bonchev–Trinajstić information content (AvgIpc) is 3.73. The van der Waals surface area contributed by atoms with Gasteiger partial charge in [-0.3, -0.25) is 14.8 Å². The van der Waals surface area contributed by atoms with Crippen molar-refractivity contribution in [2.24, 2.45) is 11.8 Å². The van der Waals surface area contributed by atoms with Gasteiger partial charge in [-0.15, -0.1) is 0 Å². The Bertz CT molecular complexity index is 1320. The van der Waals surface area contributed by atoms with Crippen LogP contribution in [0.2, 0.25) is 0 Å². The first-order valence-electron chi connectivity index (χ1n) is 12.6. The van der Waals surface area contributed by atoms with Crippen LogP contribution in [-0.2, 0) is 4.79 Å². The number of carbonyl (C=O) groups is 1. The van der Waals surface area contributed by atoms with E-state index in [0.29, 0.717) is 37.3 Å². The lowest BCUT2D eigenvalue weighted by Gasteiger charge is -2.34. The summed E-state index contributed by atoms with van der Waals surface area (Å²) in [6, 6.07) is 9.94. The summed E-state index contributed by atoms with van der Waals surface area (Å²) in [7, 11) is 1.22. The predicted molar refractivity (Wildman–Crippen MR) is 134 cm³/mol. The summed E-state index contributed by atoms with van der Waals surface area (Å²) in [6.45, 7) is 0. The van der Waals surface area contributed by atoms with Crippen molar-refractivity contribution in [3.05, 3.63) is 59.9 Å². The first-order chi connectivity index (χ1) is 17.8. The number of nitrogens with zero attached hydrogens (tertiary/aromatic N) is 4. The van der Waals surface area contributed by atoms with Gasteiger partial charge in [0.05, 0.1) is 29.0 Å². The van der Waals surface area contributed by atoms with E-state index in [0.717, 1.165) is 40.0 Å². The number of amides is 1. The van der Waals surface area contributed by atoms with Crippen molar-refractivity contribution in [1.82, 2.24) is 14.9 Å². The number of alkyl halides is 3. The van der Waals surface area contributed by atoms with E-state index in [1.54, 1.807) is 24.5 Å². The Labute approximate surface area is 213 Å². The number of carbonyl (C=O) groups excluding carboxylic acids is 1. The molecule has 1 N–H and O–H groups in total. The van der Waals surface area contributed by atoms with Crippen LogP contribution in [0.25, 0.3) is 11.0 Å². The molecule has 9 heteroatoms. The molecule has 3 aromatic rings. The van der Waals surface area contributed by atoms with E-state index >= 15 is 0 Å². The zero-order valence-electron chi connectivity index (χ0n) is 20.5. The van der Waals surface area contributed by atoms with Gasteiger partial charge >= 0.3 is 6.18 Å². The maximum absolute atomic E-state index is 14.2. The maximum atomic E-state index is 14.2. The lowest BCUT2D eigenvalue weighted by atomic mass is 9.82. The summed E-state index contributed by atoms with van der Waals surface area (Å²) in [4.78, 5) is 22.8. The van der Waals surface area contributed by atoms with Crippen molar-refractivity contribution in [3.8, 4) is 6.07 Å². The standard InChI is InChI=1S/C28H28F3N5O/c1-36(27(37)20-6-4-17(15-32)5-7-20)26(28(29,30)31)19-10-12-21(13-11-19)35-23-16-34-22-3-2-14-33-25(22)24(23)18-8-9-18/h2-3,10-14,16-18,20,26,35H,4-9H2,1H3/t17?,20?,26-/m1/s1. The molecule has 1 amide bonds. The van der Waals surface area contributed by atoms with E-state index in [2.05, 4.69) is 21.4 Å². The van der Waals surface area contributed by atoms with E-state index in [-0.39, 0.29) is 11.5 Å². The topological polar surface area (TPSA) is 81.9 Å². The number of halogens is 3. The van der Waals surface area contributed by atoms with Crippen molar-refractivity contribution >= 4 is 28.3 Å². The fraction of sp³-hybridized carbons (Fsp3) is 0.429. The van der Waals surface area contributed by atoms with Gasteiger partial charge < -0.3 is 10.2 Å². The molecule has 0 radical (unpaired) electrons. The number of pyridine rings is 2. The molecule has 2 aromatic heterocycles. The van der Waals surface area contributed by atoms with Crippen molar-refractivity contribution in [2.45, 2.75) is 56.7 Å². The van der Waals surface area contributed by atoms with Gasteiger partial charge in [-0.05, 0) is 74.3 Å². The SMILES string of the molecule is CN(C(=O)C1CCC(C#N)CC1)[C@H](c1ccc(Nc2cnc3cccnc3c2C2CC2)cc1)C(F)(F)F. The molecular formula is C28H28F3N5O. The minimum absolute atomic E-state index is 0.000306. The molecular weight excluding hydrogens is 479 g/mol. The quantitative estimate of drug-likeness (QED) is 0.404. The van der Waals surface area contributed by atoms with Crippen LogP contribution in [0.5, 0.6) is 0 Å². The summed E-state index contributed by atoms with van der Waals surface area (Å²) in [5.74, 6) is -0.749. The van der Waals surface area contributed by atoms with Gasteiger partial charge in [0.25, 0.3) is 0 Å². The molecule has 0 aliphatic heterocycles. The van der Waals surface area contributed by atoms with E-state index in [4.69, 9.17) is 5.26 Å². The Morgan fingerprint density at radius 3 is 2.41 bits per heavy atom. The lowest BCUT2D eigenvalue weighted by molar-refractivity contribution is -0.191. The summed E-state index contributed by atoms with van der Waals surface area (Å²) in [6.07, 6.45) is 2.94. The van der Waals surface area contributed by atoms with Gasteiger partial charge in [0, 0.05) is 36.3 Å². The molecule has 0 bridgehead atoms. The maximum Gasteiger partial charge on any atom is 0.413 e. The highest BCUT2D eigenvalue weighted by molar-refractivity contribution is 5.85. The van der Waals surface area contributed by atoms with Crippen LogP contribution in [0.3, 0.4) is 0 Å². The predicted octanol–water partition coefficient (Wildman–Crippen LogP) is 6.64. The molecule has 192 valence electrons. The van der Waals surface area contributed by atoms with Gasteiger partial charge in [0.1, 0.15) is 0 Å². The largest absolute Gasteiger partial charge is 0.413 e. The molecule has 5 rings (SSSR count). The minimum Gasteiger partial charge on any atom is -0.354 e. The van der Waals surface area contributed by atoms with Gasteiger partial charge in [0.2, 0.25) is 5.91 Å². The summed E-state index contributed by atoms with van der Waals surface area (Å²) in [5.41, 5.74) is 4.17. The number of fused-ring (bicyclic) bond motifs is 1. The Balaban J connectivity index is 1.36. The van der Waals surface area contributed by atoms with Crippen molar-refractivity contribution in [3.63, 3.8) is 0 Å². The van der Waals surface area contributed by atoms with Gasteiger partial charge in [0.15, 0.2) is 6.04 Å². The smallest absolute Gasteiger partial charge is 0.354 e. The van der Waals surface area contributed by atoms with E-state index < -0.39 is 24.0 Å². The van der Waals surface area contributed by atoms with Crippen LogP contribution in [0, 0.1) is 23.2 Å². The number of aromatic nitrogens is 2. The molecule has 2 aliphatic rings. The highest BCUT2D eigenvalue weighted by Gasteiger charge is 2.46. The molecule has 0 spiro atoms. The van der Waals surface area contributed by atoms with Gasteiger partial charge in [-0.1, -0.05) is 12.1 Å². The number of anilines is 2. The van der Waals surface area contributed by atoms with Gasteiger partial charge in [-0.2, -0.15) is 18.4 Å². The molecule has 37 heavy (non-hydrogen) atoms. The minimum atomic E-state index is -4.63. The molecule has 0 unspecified atom stereocenters. The third kappa shape index (κ3) is 5.24. The first-order valence-corrected chi connectivity index (χ1v) is 12.6. The van der Waals surface area contributed by atoms with Crippen molar-refractivity contribution in [2.75, 3.05) is 12.4 Å². The third-order valence-electron chi connectivity index (χ3n) is 7.46. The zero-order valence-corrected chi connectivity index (χ0v) is 20.5. The number of benzene rings is 1. The molecule has 2 heterocycles. The number of hydrogen-bond acceptors (Lipinski definition) is 5. The zero-order chi connectivity index (χ0) is 26.2. The molecule has 2 aliphatic carbocycles. The fourth-order valence-corrected chi connectivity index (χ4v) is 5.35. The van der Waals surface area contributed by atoms with E-state index in [9.17, 15) is 18.0 Å². The second kappa shape index (κ2) is 10.0. The lowest BCUT2D eigenvalue weighted by Crippen LogP contribution is -2.43. The Kier molecular flexibility index (Phi) is 6.76. The summed E-state index contributed by atoms with van der Waals surface area (Å²) >= 11 is 0.